The molecule has 0 aromatic heterocycles. The van der Waals surface area contributed by atoms with E-state index in [1.807, 2.05) is 0 Å². The molecule has 2 unspecified atom stereocenters. The highest BCUT2D eigenvalue weighted by Gasteiger charge is 2.26. The van der Waals surface area contributed by atoms with E-state index in [1.54, 1.807) is 0 Å². The minimum Gasteiger partial charge on any atom is -0.469 e. The summed E-state index contributed by atoms with van der Waals surface area (Å²) in [5.74, 6) is -0.121. The first kappa shape index (κ1) is 11.5. The highest BCUT2D eigenvalue weighted by Crippen LogP contribution is 2.10. The van der Waals surface area contributed by atoms with Crippen molar-refractivity contribution in [1.82, 2.24) is 10.2 Å². The number of nitrogens with one attached hydrogen (secondary N) is 1. The summed E-state index contributed by atoms with van der Waals surface area (Å²) in [5.41, 5.74) is 0. The number of hydrogen-bond acceptors (Lipinski definition) is 4. The van der Waals surface area contributed by atoms with Gasteiger partial charge < -0.3 is 10.1 Å². The number of piperazine rings is 1. The monoisotopic (exact) mass is 200 g/mol. The summed E-state index contributed by atoms with van der Waals surface area (Å²) in [6.45, 7) is 7.18. The molecular formula is C10H20N2O2. The largest absolute Gasteiger partial charge is 0.469 e. The second-order valence-electron chi connectivity index (χ2n) is 3.83. The van der Waals surface area contributed by atoms with Gasteiger partial charge in [0.15, 0.2) is 0 Å². The Morgan fingerprint density at radius 3 is 2.93 bits per heavy atom. The van der Waals surface area contributed by atoms with Gasteiger partial charge in [-0.1, -0.05) is 6.92 Å². The van der Waals surface area contributed by atoms with Crippen molar-refractivity contribution < 1.29 is 9.53 Å². The lowest BCUT2D eigenvalue weighted by molar-refractivity contribution is -0.142. The van der Waals surface area contributed by atoms with E-state index in [-0.39, 0.29) is 5.97 Å². The Morgan fingerprint density at radius 1 is 1.64 bits per heavy atom. The molecule has 2 atom stereocenters. The van der Waals surface area contributed by atoms with Crippen molar-refractivity contribution in [2.75, 3.05) is 26.7 Å². The third-order valence-electron chi connectivity index (χ3n) is 2.76. The predicted molar refractivity (Wildman–Crippen MR) is 55.1 cm³/mol. The molecule has 1 N–H and O–H groups in total. The van der Waals surface area contributed by atoms with E-state index in [1.165, 1.54) is 7.11 Å². The van der Waals surface area contributed by atoms with Gasteiger partial charge in [-0.25, -0.2) is 0 Å². The third-order valence-corrected chi connectivity index (χ3v) is 2.76. The Morgan fingerprint density at radius 2 is 2.36 bits per heavy atom. The lowest BCUT2D eigenvalue weighted by Crippen LogP contribution is -2.55. The standard InChI is InChI=1S/C10H20N2O2/c1-4-12-7-8(2)11-6-9(12)5-10(13)14-3/h8-9,11H,4-7H2,1-3H3. The Kier molecular flexibility index (Phi) is 4.35. The van der Waals surface area contributed by atoms with Crippen LogP contribution in [0.1, 0.15) is 20.3 Å². The van der Waals surface area contributed by atoms with Gasteiger partial charge in [0.25, 0.3) is 0 Å². The Labute approximate surface area is 85.6 Å². The van der Waals surface area contributed by atoms with Crippen molar-refractivity contribution in [2.24, 2.45) is 0 Å². The van der Waals surface area contributed by atoms with Crippen LogP contribution in [0.25, 0.3) is 0 Å². The van der Waals surface area contributed by atoms with E-state index < -0.39 is 0 Å². The molecule has 0 spiro atoms. The average Bonchev–Trinajstić information content (AvgIpc) is 2.20. The number of methoxy groups -OCH3 is 1. The van der Waals surface area contributed by atoms with E-state index in [2.05, 4.69) is 28.8 Å². The quantitative estimate of drug-likeness (QED) is 0.662. The minimum absolute atomic E-state index is 0.121. The number of carbonyl (C=O) groups excluding carboxylic acids is 1. The van der Waals surface area contributed by atoms with Crippen molar-refractivity contribution in [2.45, 2.75) is 32.4 Å². The molecule has 1 rings (SSSR count). The second-order valence-corrected chi connectivity index (χ2v) is 3.83. The van der Waals surface area contributed by atoms with E-state index in [0.717, 1.165) is 19.6 Å². The molecule has 1 aliphatic rings. The van der Waals surface area contributed by atoms with Crippen LogP contribution in [-0.2, 0) is 9.53 Å². The first-order valence-electron chi connectivity index (χ1n) is 5.21. The first-order chi connectivity index (χ1) is 6.67. The fourth-order valence-corrected chi connectivity index (χ4v) is 1.90. The Hall–Kier alpha value is -0.610. The molecular weight excluding hydrogens is 180 g/mol. The molecule has 0 amide bonds. The molecule has 0 bridgehead atoms. The predicted octanol–water partition coefficient (Wildman–Crippen LogP) is 0.232. The molecule has 0 aromatic rings. The fraction of sp³-hybridized carbons (Fsp3) is 0.900. The van der Waals surface area contributed by atoms with Crippen molar-refractivity contribution in [3.8, 4) is 0 Å². The lowest BCUT2D eigenvalue weighted by Gasteiger charge is -2.38. The lowest BCUT2D eigenvalue weighted by atomic mass is 10.1. The molecule has 4 heteroatoms. The van der Waals surface area contributed by atoms with Crippen LogP contribution in [0.5, 0.6) is 0 Å². The maximum absolute atomic E-state index is 11.1. The molecule has 4 nitrogen and oxygen atoms in total. The molecule has 82 valence electrons. The molecule has 1 fully saturated rings. The van der Waals surface area contributed by atoms with Crippen LogP contribution in [0.2, 0.25) is 0 Å². The zero-order valence-corrected chi connectivity index (χ0v) is 9.25. The molecule has 14 heavy (non-hydrogen) atoms. The summed E-state index contributed by atoms with van der Waals surface area (Å²) in [7, 11) is 1.44. The number of rotatable bonds is 3. The summed E-state index contributed by atoms with van der Waals surface area (Å²) >= 11 is 0. The molecule has 0 aromatic carbocycles. The van der Waals surface area contributed by atoms with Crippen molar-refractivity contribution >= 4 is 5.97 Å². The van der Waals surface area contributed by atoms with Gasteiger partial charge >= 0.3 is 5.97 Å². The number of hydrogen-bond donors (Lipinski definition) is 1. The van der Waals surface area contributed by atoms with Crippen LogP contribution in [-0.4, -0.2) is 49.7 Å². The van der Waals surface area contributed by atoms with E-state index in [4.69, 9.17) is 0 Å². The third kappa shape index (κ3) is 2.96. The molecule has 1 saturated heterocycles. The number of nitrogens with zero attached hydrogens (tertiary/aromatic N) is 1. The van der Waals surface area contributed by atoms with Gasteiger partial charge in [0.05, 0.1) is 13.5 Å². The van der Waals surface area contributed by atoms with Gasteiger partial charge in [-0.2, -0.15) is 0 Å². The highest BCUT2D eigenvalue weighted by atomic mass is 16.5. The molecule has 1 aliphatic heterocycles. The number of carbonyl (C=O) groups is 1. The van der Waals surface area contributed by atoms with Crippen LogP contribution < -0.4 is 5.32 Å². The maximum Gasteiger partial charge on any atom is 0.307 e. The average molecular weight is 200 g/mol. The van der Waals surface area contributed by atoms with Crippen molar-refractivity contribution in [1.29, 1.82) is 0 Å². The molecule has 1 heterocycles. The van der Waals surface area contributed by atoms with Gasteiger partial charge in [0.2, 0.25) is 0 Å². The minimum atomic E-state index is -0.121. The van der Waals surface area contributed by atoms with Crippen molar-refractivity contribution in [3.63, 3.8) is 0 Å². The SMILES string of the molecule is CCN1CC(C)NCC1CC(=O)OC. The van der Waals surface area contributed by atoms with Crippen LogP contribution in [0.15, 0.2) is 0 Å². The molecule has 0 radical (unpaired) electrons. The van der Waals surface area contributed by atoms with Gasteiger partial charge in [-0.15, -0.1) is 0 Å². The number of esters is 1. The van der Waals surface area contributed by atoms with Gasteiger partial charge in [-0.05, 0) is 13.5 Å². The Bertz CT molecular complexity index is 197. The summed E-state index contributed by atoms with van der Waals surface area (Å²) in [4.78, 5) is 13.5. The topological polar surface area (TPSA) is 41.6 Å². The fourth-order valence-electron chi connectivity index (χ4n) is 1.90. The van der Waals surface area contributed by atoms with Gasteiger partial charge in [-0.3, -0.25) is 9.69 Å². The maximum atomic E-state index is 11.1. The van der Waals surface area contributed by atoms with Crippen LogP contribution in [0.3, 0.4) is 0 Å². The summed E-state index contributed by atoms with van der Waals surface area (Å²) in [5, 5.41) is 3.38. The summed E-state index contributed by atoms with van der Waals surface area (Å²) in [6, 6.07) is 0.812. The van der Waals surface area contributed by atoms with Crippen LogP contribution in [0.4, 0.5) is 0 Å². The second kappa shape index (κ2) is 5.32. The van der Waals surface area contributed by atoms with Crippen LogP contribution >= 0.6 is 0 Å². The van der Waals surface area contributed by atoms with Gasteiger partial charge in [0, 0.05) is 25.2 Å². The zero-order valence-electron chi connectivity index (χ0n) is 9.25. The van der Waals surface area contributed by atoms with E-state index >= 15 is 0 Å². The number of likely N-dealkylation sites (N-methyl/N-ethyl adjacent to an activating group) is 1. The highest BCUT2D eigenvalue weighted by molar-refractivity contribution is 5.69. The van der Waals surface area contributed by atoms with E-state index in [0.29, 0.717) is 18.5 Å². The first-order valence-corrected chi connectivity index (χ1v) is 5.21. The van der Waals surface area contributed by atoms with Crippen molar-refractivity contribution in [3.05, 3.63) is 0 Å². The number of ether oxygens (including phenoxy) is 1. The van der Waals surface area contributed by atoms with Gasteiger partial charge in [0.1, 0.15) is 0 Å². The normalized spacial score (nSPS) is 28.8. The summed E-state index contributed by atoms with van der Waals surface area (Å²) < 4.78 is 4.68. The molecule has 0 saturated carbocycles. The molecule has 0 aliphatic carbocycles. The smallest absolute Gasteiger partial charge is 0.307 e. The van der Waals surface area contributed by atoms with E-state index in [9.17, 15) is 4.79 Å². The zero-order chi connectivity index (χ0) is 10.6. The Balaban J connectivity index is 2.45. The van der Waals surface area contributed by atoms with Crippen LogP contribution in [0, 0.1) is 0 Å². The summed E-state index contributed by atoms with van der Waals surface area (Å²) in [6.07, 6.45) is 0.490.